The minimum atomic E-state index is -0.266. The van der Waals surface area contributed by atoms with Crippen molar-refractivity contribution in [3.8, 4) is 0 Å². The zero-order chi connectivity index (χ0) is 9.84. The average Bonchev–Trinajstić information content (AvgIpc) is 2.03. The minimum absolute atomic E-state index is 0.266. The van der Waals surface area contributed by atoms with Gasteiger partial charge in [0.25, 0.3) is 0 Å². The molecule has 72 valence electrons. The fourth-order valence-corrected chi connectivity index (χ4v) is 1.30. The molecule has 0 aliphatic rings. The van der Waals surface area contributed by atoms with Crippen molar-refractivity contribution in [3.63, 3.8) is 0 Å². The Balaban J connectivity index is 2.79. The molecule has 2 nitrogen and oxygen atoms in total. The molecule has 0 aliphatic heterocycles. The standard InChI is InChI=1S/C11H17NO/c1-9(13)7-10-5-4-6-11(8-10)12(2)3/h4-6,8-9,13H,7H2,1-3H3/t9-/m0/s1. The number of anilines is 1. The number of benzene rings is 1. The molecule has 0 radical (unpaired) electrons. The predicted molar refractivity (Wildman–Crippen MR) is 56.2 cm³/mol. The second-order valence-corrected chi connectivity index (χ2v) is 3.62. The highest BCUT2D eigenvalue weighted by Gasteiger charge is 2.00. The van der Waals surface area contributed by atoms with Gasteiger partial charge in [0.15, 0.2) is 0 Å². The fraction of sp³-hybridized carbons (Fsp3) is 0.455. The zero-order valence-corrected chi connectivity index (χ0v) is 8.49. The molecule has 0 bridgehead atoms. The van der Waals surface area contributed by atoms with Gasteiger partial charge < -0.3 is 10.0 Å². The van der Waals surface area contributed by atoms with Gasteiger partial charge in [-0.1, -0.05) is 12.1 Å². The monoisotopic (exact) mass is 179 g/mol. The number of hydrogen-bond donors (Lipinski definition) is 1. The molecule has 1 aromatic rings. The SMILES string of the molecule is C[C@H](O)Cc1cccc(N(C)C)c1. The molecule has 0 saturated carbocycles. The van der Waals surface area contributed by atoms with Crippen LogP contribution in [0.15, 0.2) is 24.3 Å². The fourth-order valence-electron chi connectivity index (χ4n) is 1.30. The third-order valence-electron chi connectivity index (χ3n) is 1.96. The lowest BCUT2D eigenvalue weighted by Crippen LogP contribution is -2.10. The van der Waals surface area contributed by atoms with Crippen LogP contribution in [0.1, 0.15) is 12.5 Å². The largest absolute Gasteiger partial charge is 0.393 e. The van der Waals surface area contributed by atoms with Gasteiger partial charge >= 0.3 is 0 Å². The first-order chi connectivity index (χ1) is 6.09. The van der Waals surface area contributed by atoms with E-state index in [0.29, 0.717) is 0 Å². The summed E-state index contributed by atoms with van der Waals surface area (Å²) >= 11 is 0. The second kappa shape index (κ2) is 4.28. The van der Waals surface area contributed by atoms with E-state index < -0.39 is 0 Å². The maximum Gasteiger partial charge on any atom is 0.0552 e. The molecule has 0 spiro atoms. The van der Waals surface area contributed by atoms with Crippen molar-refractivity contribution in [1.82, 2.24) is 0 Å². The van der Waals surface area contributed by atoms with Crippen LogP contribution in [0.5, 0.6) is 0 Å². The molecule has 0 aliphatic carbocycles. The minimum Gasteiger partial charge on any atom is -0.393 e. The maximum absolute atomic E-state index is 9.22. The van der Waals surface area contributed by atoms with Crippen molar-refractivity contribution in [2.75, 3.05) is 19.0 Å². The third-order valence-corrected chi connectivity index (χ3v) is 1.96. The highest BCUT2D eigenvalue weighted by molar-refractivity contribution is 5.47. The van der Waals surface area contributed by atoms with Gasteiger partial charge in [0.2, 0.25) is 0 Å². The Labute approximate surface area is 79.8 Å². The number of aliphatic hydroxyl groups excluding tert-OH is 1. The normalized spacial score (nSPS) is 12.6. The number of nitrogens with zero attached hydrogens (tertiary/aromatic N) is 1. The van der Waals surface area contributed by atoms with E-state index in [-0.39, 0.29) is 6.10 Å². The Morgan fingerprint density at radius 3 is 2.62 bits per heavy atom. The van der Waals surface area contributed by atoms with E-state index in [1.807, 2.05) is 33.2 Å². The molecule has 0 saturated heterocycles. The van der Waals surface area contributed by atoms with Crippen molar-refractivity contribution >= 4 is 5.69 Å². The highest BCUT2D eigenvalue weighted by Crippen LogP contribution is 2.14. The van der Waals surface area contributed by atoms with Crippen LogP contribution in [-0.4, -0.2) is 25.3 Å². The molecule has 0 fully saturated rings. The first-order valence-corrected chi connectivity index (χ1v) is 4.54. The molecule has 0 amide bonds. The summed E-state index contributed by atoms with van der Waals surface area (Å²) in [6.45, 7) is 1.81. The van der Waals surface area contributed by atoms with Crippen LogP contribution in [0.2, 0.25) is 0 Å². The molecular weight excluding hydrogens is 162 g/mol. The van der Waals surface area contributed by atoms with Gasteiger partial charge in [-0.25, -0.2) is 0 Å². The van der Waals surface area contributed by atoms with Gasteiger partial charge in [0, 0.05) is 19.8 Å². The van der Waals surface area contributed by atoms with E-state index in [1.54, 1.807) is 0 Å². The lowest BCUT2D eigenvalue weighted by molar-refractivity contribution is 0.195. The van der Waals surface area contributed by atoms with Gasteiger partial charge in [0.1, 0.15) is 0 Å². The Morgan fingerprint density at radius 2 is 2.08 bits per heavy atom. The van der Waals surface area contributed by atoms with Crippen LogP contribution in [0.3, 0.4) is 0 Å². The number of rotatable bonds is 3. The summed E-state index contributed by atoms with van der Waals surface area (Å²) in [6.07, 6.45) is 0.458. The maximum atomic E-state index is 9.22. The number of hydrogen-bond acceptors (Lipinski definition) is 2. The molecule has 1 rings (SSSR count). The lowest BCUT2D eigenvalue weighted by atomic mass is 10.1. The average molecular weight is 179 g/mol. The zero-order valence-electron chi connectivity index (χ0n) is 8.49. The second-order valence-electron chi connectivity index (χ2n) is 3.62. The Hall–Kier alpha value is -1.02. The Bertz CT molecular complexity index is 269. The predicted octanol–water partition coefficient (Wildman–Crippen LogP) is 1.68. The molecule has 13 heavy (non-hydrogen) atoms. The van der Waals surface area contributed by atoms with Crippen LogP contribution < -0.4 is 4.90 Å². The van der Waals surface area contributed by atoms with Crippen molar-refractivity contribution in [2.24, 2.45) is 0 Å². The van der Waals surface area contributed by atoms with E-state index in [1.165, 1.54) is 11.3 Å². The Kier molecular flexibility index (Phi) is 3.32. The van der Waals surface area contributed by atoms with Crippen molar-refractivity contribution < 1.29 is 5.11 Å². The van der Waals surface area contributed by atoms with Gasteiger partial charge in [-0.2, -0.15) is 0 Å². The van der Waals surface area contributed by atoms with E-state index in [2.05, 4.69) is 17.0 Å². The summed E-state index contributed by atoms with van der Waals surface area (Å²) in [6, 6.07) is 8.23. The summed E-state index contributed by atoms with van der Waals surface area (Å²) in [7, 11) is 4.03. The van der Waals surface area contributed by atoms with E-state index >= 15 is 0 Å². The lowest BCUT2D eigenvalue weighted by Gasteiger charge is -2.14. The smallest absolute Gasteiger partial charge is 0.0552 e. The summed E-state index contributed by atoms with van der Waals surface area (Å²) in [5, 5.41) is 9.22. The molecule has 1 N–H and O–H groups in total. The molecule has 0 heterocycles. The molecule has 0 aromatic heterocycles. The molecular formula is C11H17NO. The van der Waals surface area contributed by atoms with Crippen molar-refractivity contribution in [1.29, 1.82) is 0 Å². The summed E-state index contributed by atoms with van der Waals surface area (Å²) in [5.74, 6) is 0. The number of aliphatic hydroxyl groups is 1. The van der Waals surface area contributed by atoms with Gasteiger partial charge in [-0.15, -0.1) is 0 Å². The Morgan fingerprint density at radius 1 is 1.38 bits per heavy atom. The summed E-state index contributed by atoms with van der Waals surface area (Å²) < 4.78 is 0. The van der Waals surface area contributed by atoms with Crippen LogP contribution in [0.4, 0.5) is 5.69 Å². The molecule has 1 aromatic carbocycles. The highest BCUT2D eigenvalue weighted by atomic mass is 16.3. The third kappa shape index (κ3) is 3.07. The van der Waals surface area contributed by atoms with E-state index in [4.69, 9.17) is 0 Å². The summed E-state index contributed by atoms with van der Waals surface area (Å²) in [4.78, 5) is 2.06. The molecule has 2 heteroatoms. The molecule has 1 atom stereocenters. The first kappa shape index (κ1) is 10.1. The van der Waals surface area contributed by atoms with Crippen LogP contribution >= 0.6 is 0 Å². The van der Waals surface area contributed by atoms with Crippen LogP contribution in [0.25, 0.3) is 0 Å². The van der Waals surface area contributed by atoms with Gasteiger partial charge in [-0.3, -0.25) is 0 Å². The first-order valence-electron chi connectivity index (χ1n) is 4.54. The van der Waals surface area contributed by atoms with Gasteiger partial charge in [-0.05, 0) is 31.0 Å². The van der Waals surface area contributed by atoms with Crippen LogP contribution in [0, 0.1) is 0 Å². The quantitative estimate of drug-likeness (QED) is 0.763. The van der Waals surface area contributed by atoms with Crippen LogP contribution in [-0.2, 0) is 6.42 Å². The summed E-state index contributed by atoms with van der Waals surface area (Å²) in [5.41, 5.74) is 2.36. The topological polar surface area (TPSA) is 23.5 Å². The van der Waals surface area contributed by atoms with E-state index in [0.717, 1.165) is 6.42 Å². The van der Waals surface area contributed by atoms with Gasteiger partial charge in [0.05, 0.1) is 6.10 Å². The van der Waals surface area contributed by atoms with Crippen molar-refractivity contribution in [2.45, 2.75) is 19.4 Å². The molecule has 0 unspecified atom stereocenters. The van der Waals surface area contributed by atoms with E-state index in [9.17, 15) is 5.11 Å². The van der Waals surface area contributed by atoms with Crippen molar-refractivity contribution in [3.05, 3.63) is 29.8 Å².